The molecule has 0 spiro atoms. The van der Waals surface area contributed by atoms with Crippen LogP contribution in [0.25, 0.3) is 10.2 Å². The number of hydrogen-bond acceptors (Lipinski definition) is 6. The monoisotopic (exact) mass is 399 g/mol. The lowest BCUT2D eigenvalue weighted by Gasteiger charge is -2.22. The predicted octanol–water partition coefficient (Wildman–Crippen LogP) is 3.91. The van der Waals surface area contributed by atoms with Crippen LogP contribution in [0.1, 0.15) is 17.3 Å². The van der Waals surface area contributed by atoms with Gasteiger partial charge in [-0.25, -0.2) is 4.98 Å². The normalized spacial score (nSPS) is 11.0. The lowest BCUT2D eigenvalue weighted by molar-refractivity contribution is 0.0985. The van der Waals surface area contributed by atoms with Gasteiger partial charge in [0.25, 0.3) is 5.91 Å². The third-order valence-corrected chi connectivity index (χ3v) is 5.30. The zero-order valence-corrected chi connectivity index (χ0v) is 17.5. The first-order valence-electron chi connectivity index (χ1n) is 9.16. The van der Waals surface area contributed by atoms with Crippen LogP contribution in [0.4, 0.5) is 5.13 Å². The van der Waals surface area contributed by atoms with Gasteiger partial charge in [-0.05, 0) is 57.4 Å². The highest BCUT2D eigenvalue weighted by Gasteiger charge is 2.21. The predicted molar refractivity (Wildman–Crippen MR) is 114 cm³/mol. The molecule has 3 aromatic rings. The number of carbonyl (C=O) groups is 1. The van der Waals surface area contributed by atoms with E-state index < -0.39 is 0 Å². The number of nitrogens with zero attached hydrogens (tertiary/aromatic N) is 3. The van der Waals surface area contributed by atoms with E-state index in [4.69, 9.17) is 14.5 Å². The molecule has 3 rings (SSSR count). The molecule has 0 bridgehead atoms. The number of likely N-dealkylation sites (N-methyl/N-ethyl adjacent to an activating group) is 1. The van der Waals surface area contributed by atoms with Crippen molar-refractivity contribution in [1.82, 2.24) is 9.88 Å². The number of methoxy groups -OCH3 is 1. The largest absolute Gasteiger partial charge is 0.497 e. The fourth-order valence-corrected chi connectivity index (χ4v) is 3.71. The second kappa shape index (κ2) is 9.03. The molecule has 0 saturated heterocycles. The molecule has 0 fully saturated rings. The van der Waals surface area contributed by atoms with Crippen LogP contribution in [0.3, 0.4) is 0 Å². The third-order valence-electron chi connectivity index (χ3n) is 4.24. The van der Waals surface area contributed by atoms with E-state index in [0.717, 1.165) is 28.3 Å². The smallest absolute Gasteiger partial charge is 0.260 e. The summed E-state index contributed by atoms with van der Waals surface area (Å²) in [6.07, 6.45) is 0. The standard InChI is InChI=1S/C21H25N3O3S/c1-5-27-16-8-6-15(7-9-16)20(25)24(13-12-23(2)3)21-22-18-14-17(26-4)10-11-19(18)28-21/h6-11,14H,5,12-13H2,1-4H3. The molecular formula is C21H25N3O3S. The van der Waals surface area contributed by atoms with Gasteiger partial charge in [-0.15, -0.1) is 0 Å². The zero-order chi connectivity index (χ0) is 20.1. The van der Waals surface area contributed by atoms with Gasteiger partial charge >= 0.3 is 0 Å². The molecule has 1 aromatic heterocycles. The molecular weight excluding hydrogens is 374 g/mol. The molecule has 0 unspecified atom stereocenters. The Labute approximate surface area is 169 Å². The minimum atomic E-state index is -0.0732. The van der Waals surface area contributed by atoms with Gasteiger partial charge in [-0.1, -0.05) is 11.3 Å². The lowest BCUT2D eigenvalue weighted by Crippen LogP contribution is -2.36. The fourth-order valence-electron chi connectivity index (χ4n) is 2.74. The van der Waals surface area contributed by atoms with Gasteiger partial charge in [0.2, 0.25) is 0 Å². The third kappa shape index (κ3) is 4.61. The fraction of sp³-hybridized carbons (Fsp3) is 0.333. The van der Waals surface area contributed by atoms with Crippen LogP contribution in [-0.2, 0) is 0 Å². The summed E-state index contributed by atoms with van der Waals surface area (Å²) in [5.74, 6) is 1.43. The summed E-state index contributed by atoms with van der Waals surface area (Å²) >= 11 is 1.51. The molecule has 2 aromatic carbocycles. The Kier molecular flexibility index (Phi) is 6.49. The van der Waals surface area contributed by atoms with Crippen molar-refractivity contribution in [3.8, 4) is 11.5 Å². The molecule has 0 aliphatic carbocycles. The van der Waals surface area contributed by atoms with E-state index in [0.29, 0.717) is 23.8 Å². The number of carbonyl (C=O) groups excluding carboxylic acids is 1. The van der Waals surface area contributed by atoms with E-state index in [1.807, 2.05) is 51.4 Å². The van der Waals surface area contributed by atoms with Gasteiger partial charge < -0.3 is 14.4 Å². The lowest BCUT2D eigenvalue weighted by atomic mass is 10.2. The topological polar surface area (TPSA) is 54.9 Å². The van der Waals surface area contributed by atoms with E-state index in [1.54, 1.807) is 24.1 Å². The quantitative estimate of drug-likeness (QED) is 0.575. The van der Waals surface area contributed by atoms with E-state index in [9.17, 15) is 4.79 Å². The number of fused-ring (bicyclic) bond motifs is 1. The summed E-state index contributed by atoms with van der Waals surface area (Å²) < 4.78 is 11.8. The van der Waals surface area contributed by atoms with E-state index in [2.05, 4.69) is 4.90 Å². The van der Waals surface area contributed by atoms with Crippen molar-refractivity contribution in [2.24, 2.45) is 0 Å². The number of amides is 1. The number of rotatable bonds is 8. The molecule has 0 N–H and O–H groups in total. The van der Waals surface area contributed by atoms with Gasteiger partial charge in [0.05, 0.1) is 23.9 Å². The maximum atomic E-state index is 13.2. The Bertz CT molecular complexity index is 938. The first-order chi connectivity index (χ1) is 13.5. The van der Waals surface area contributed by atoms with Crippen LogP contribution < -0.4 is 14.4 Å². The summed E-state index contributed by atoms with van der Waals surface area (Å²) in [6, 6.07) is 13.0. The molecule has 28 heavy (non-hydrogen) atoms. The van der Waals surface area contributed by atoms with Crippen molar-refractivity contribution >= 4 is 32.6 Å². The van der Waals surface area contributed by atoms with Crippen LogP contribution in [0.2, 0.25) is 0 Å². The number of hydrogen-bond donors (Lipinski definition) is 0. The number of thiazole rings is 1. The van der Waals surface area contributed by atoms with Gasteiger partial charge in [-0.3, -0.25) is 9.69 Å². The van der Waals surface area contributed by atoms with Crippen molar-refractivity contribution in [3.05, 3.63) is 48.0 Å². The summed E-state index contributed by atoms with van der Waals surface area (Å²) in [7, 11) is 5.61. The Morgan fingerprint density at radius 3 is 2.43 bits per heavy atom. The summed E-state index contributed by atoms with van der Waals surface area (Å²) in [5.41, 5.74) is 1.44. The van der Waals surface area contributed by atoms with Crippen molar-refractivity contribution in [1.29, 1.82) is 0 Å². The molecule has 1 amide bonds. The van der Waals surface area contributed by atoms with Crippen LogP contribution >= 0.6 is 11.3 Å². The maximum Gasteiger partial charge on any atom is 0.260 e. The average molecular weight is 400 g/mol. The minimum Gasteiger partial charge on any atom is -0.497 e. The Hall–Kier alpha value is -2.64. The maximum absolute atomic E-state index is 13.2. The first kappa shape index (κ1) is 20.1. The Morgan fingerprint density at radius 1 is 1.07 bits per heavy atom. The first-order valence-corrected chi connectivity index (χ1v) is 9.97. The molecule has 0 radical (unpaired) electrons. The van der Waals surface area contributed by atoms with E-state index >= 15 is 0 Å². The van der Waals surface area contributed by atoms with Gasteiger partial charge in [-0.2, -0.15) is 0 Å². The number of aromatic nitrogens is 1. The number of anilines is 1. The van der Waals surface area contributed by atoms with Crippen LogP contribution in [0.5, 0.6) is 11.5 Å². The van der Waals surface area contributed by atoms with Crippen molar-refractivity contribution in [2.45, 2.75) is 6.92 Å². The highest BCUT2D eigenvalue weighted by atomic mass is 32.1. The van der Waals surface area contributed by atoms with E-state index in [-0.39, 0.29) is 5.91 Å². The summed E-state index contributed by atoms with van der Waals surface area (Å²) in [5, 5.41) is 0.684. The molecule has 1 heterocycles. The van der Waals surface area contributed by atoms with Crippen LogP contribution in [0, 0.1) is 0 Å². The highest BCUT2D eigenvalue weighted by molar-refractivity contribution is 7.22. The summed E-state index contributed by atoms with van der Waals surface area (Å²) in [4.78, 5) is 21.7. The van der Waals surface area contributed by atoms with Gasteiger partial charge in [0, 0.05) is 24.7 Å². The van der Waals surface area contributed by atoms with Crippen molar-refractivity contribution in [3.63, 3.8) is 0 Å². The highest BCUT2D eigenvalue weighted by Crippen LogP contribution is 2.32. The van der Waals surface area contributed by atoms with Gasteiger partial charge in [0.15, 0.2) is 5.13 Å². The molecule has 7 heteroatoms. The Balaban J connectivity index is 1.92. The molecule has 0 aliphatic heterocycles. The SMILES string of the molecule is CCOc1ccc(C(=O)N(CCN(C)C)c2nc3cc(OC)ccc3s2)cc1. The zero-order valence-electron chi connectivity index (χ0n) is 16.6. The summed E-state index contributed by atoms with van der Waals surface area (Å²) in [6.45, 7) is 3.82. The minimum absolute atomic E-state index is 0.0732. The number of benzene rings is 2. The Morgan fingerprint density at radius 2 is 1.79 bits per heavy atom. The second-order valence-corrected chi connectivity index (χ2v) is 7.56. The van der Waals surface area contributed by atoms with Crippen molar-refractivity contribution < 1.29 is 14.3 Å². The molecule has 148 valence electrons. The molecule has 0 aliphatic rings. The van der Waals surface area contributed by atoms with Gasteiger partial charge in [0.1, 0.15) is 11.5 Å². The average Bonchev–Trinajstić information content (AvgIpc) is 3.11. The van der Waals surface area contributed by atoms with Crippen molar-refractivity contribution in [2.75, 3.05) is 45.8 Å². The molecule has 0 atom stereocenters. The molecule has 6 nitrogen and oxygen atoms in total. The second-order valence-electron chi connectivity index (χ2n) is 6.55. The van der Waals surface area contributed by atoms with Crippen LogP contribution in [-0.4, -0.2) is 56.7 Å². The van der Waals surface area contributed by atoms with E-state index in [1.165, 1.54) is 11.3 Å². The van der Waals surface area contributed by atoms with Crippen LogP contribution in [0.15, 0.2) is 42.5 Å². The molecule has 0 saturated carbocycles. The number of ether oxygens (including phenoxy) is 2.